The maximum Gasteiger partial charge on any atom is 0.0326 e. The summed E-state index contributed by atoms with van der Waals surface area (Å²) in [5.74, 6) is 0.732. The highest BCUT2D eigenvalue weighted by atomic mass is 15.2. The van der Waals surface area contributed by atoms with Gasteiger partial charge < -0.3 is 5.32 Å². The first-order valence-corrected chi connectivity index (χ1v) is 8.42. The Morgan fingerprint density at radius 1 is 1.00 bits per heavy atom. The van der Waals surface area contributed by atoms with E-state index in [1.54, 1.807) is 11.1 Å². The third-order valence-electron chi connectivity index (χ3n) is 5.81. The topological polar surface area (TPSA) is 15.3 Å². The van der Waals surface area contributed by atoms with Gasteiger partial charge in [-0.15, -0.1) is 0 Å². The second-order valence-corrected chi connectivity index (χ2v) is 6.97. The van der Waals surface area contributed by atoms with Crippen LogP contribution in [0.3, 0.4) is 0 Å². The van der Waals surface area contributed by atoms with Gasteiger partial charge in [0.2, 0.25) is 0 Å². The highest BCUT2D eigenvalue weighted by Gasteiger charge is 2.38. The highest BCUT2D eigenvalue weighted by Crippen LogP contribution is 2.38. The van der Waals surface area contributed by atoms with Gasteiger partial charge in [-0.3, -0.25) is 4.90 Å². The molecule has 2 nitrogen and oxygen atoms in total. The maximum absolute atomic E-state index is 4.02. The lowest BCUT2D eigenvalue weighted by molar-refractivity contribution is 0.281. The van der Waals surface area contributed by atoms with Crippen molar-refractivity contribution in [3.05, 3.63) is 35.4 Å². The van der Waals surface area contributed by atoms with Crippen LogP contribution in [0.2, 0.25) is 0 Å². The summed E-state index contributed by atoms with van der Waals surface area (Å²) < 4.78 is 0. The van der Waals surface area contributed by atoms with Crippen LogP contribution in [-0.2, 0) is 0 Å². The highest BCUT2D eigenvalue weighted by molar-refractivity contribution is 5.35. The molecule has 2 saturated heterocycles. The average molecular weight is 270 g/mol. The molecule has 1 N–H and O–H groups in total. The Hall–Kier alpha value is -0.860. The average Bonchev–Trinajstić information content (AvgIpc) is 3.07. The first-order valence-electron chi connectivity index (χ1n) is 8.42. The number of nitrogens with one attached hydrogen (secondary N) is 1. The van der Waals surface area contributed by atoms with Crippen LogP contribution in [0, 0.1) is 0 Å². The molecule has 0 radical (unpaired) electrons. The zero-order chi connectivity index (χ0) is 13.5. The number of rotatable bonds is 2. The number of hydrogen-bond acceptors (Lipinski definition) is 2. The van der Waals surface area contributed by atoms with E-state index in [0.717, 1.165) is 18.0 Å². The van der Waals surface area contributed by atoms with Crippen LogP contribution >= 0.6 is 0 Å². The number of fused-ring (bicyclic) bond motifs is 2. The summed E-state index contributed by atoms with van der Waals surface area (Å²) in [5, 5.41) is 4.02. The maximum atomic E-state index is 4.02. The summed E-state index contributed by atoms with van der Waals surface area (Å²) >= 11 is 0. The van der Waals surface area contributed by atoms with Gasteiger partial charge in [-0.2, -0.15) is 0 Å². The van der Waals surface area contributed by atoms with E-state index in [1.807, 2.05) is 0 Å². The minimum Gasteiger partial charge on any atom is -0.306 e. The monoisotopic (exact) mass is 270 g/mol. The van der Waals surface area contributed by atoms with Gasteiger partial charge in [0.1, 0.15) is 0 Å². The molecule has 1 aromatic carbocycles. The van der Waals surface area contributed by atoms with Gasteiger partial charge in [-0.05, 0) is 55.7 Å². The van der Waals surface area contributed by atoms with Crippen LogP contribution in [0.1, 0.15) is 62.1 Å². The van der Waals surface area contributed by atoms with E-state index in [0.29, 0.717) is 6.04 Å². The van der Waals surface area contributed by atoms with E-state index in [1.165, 1.54) is 45.2 Å². The van der Waals surface area contributed by atoms with Crippen molar-refractivity contribution in [1.29, 1.82) is 0 Å². The number of hydrogen-bond donors (Lipinski definition) is 1. The Kier molecular flexibility index (Phi) is 3.31. The lowest BCUT2D eigenvalue weighted by Gasteiger charge is -2.34. The Morgan fingerprint density at radius 3 is 2.75 bits per heavy atom. The van der Waals surface area contributed by atoms with Gasteiger partial charge >= 0.3 is 0 Å². The third-order valence-corrected chi connectivity index (χ3v) is 5.81. The molecule has 2 aliphatic heterocycles. The fraction of sp³-hybridized carbons (Fsp3) is 0.667. The van der Waals surface area contributed by atoms with Crippen molar-refractivity contribution in [3.8, 4) is 0 Å². The summed E-state index contributed by atoms with van der Waals surface area (Å²) in [7, 11) is 0. The van der Waals surface area contributed by atoms with E-state index >= 15 is 0 Å². The van der Waals surface area contributed by atoms with Crippen molar-refractivity contribution < 1.29 is 0 Å². The molecule has 2 fully saturated rings. The van der Waals surface area contributed by atoms with Crippen LogP contribution in [0.5, 0.6) is 0 Å². The van der Waals surface area contributed by atoms with E-state index in [2.05, 4.69) is 41.4 Å². The molecule has 0 amide bonds. The second-order valence-electron chi connectivity index (χ2n) is 6.97. The molecule has 108 valence electrons. The van der Waals surface area contributed by atoms with Crippen molar-refractivity contribution in [3.63, 3.8) is 0 Å². The molecule has 20 heavy (non-hydrogen) atoms. The lowest BCUT2D eigenvalue weighted by Crippen LogP contribution is -2.42. The summed E-state index contributed by atoms with van der Waals surface area (Å²) in [6.07, 6.45) is 6.79. The molecule has 2 heteroatoms. The van der Waals surface area contributed by atoms with Gasteiger partial charge in [0.25, 0.3) is 0 Å². The Balaban J connectivity index is 1.54. The zero-order valence-corrected chi connectivity index (χ0v) is 12.5. The molecule has 4 unspecified atom stereocenters. The van der Waals surface area contributed by atoms with Crippen molar-refractivity contribution in [2.24, 2.45) is 0 Å². The minimum absolute atomic E-state index is 0.591. The van der Waals surface area contributed by atoms with Gasteiger partial charge in [0, 0.05) is 24.7 Å². The molecule has 2 heterocycles. The molecular formula is C18H26N2. The minimum atomic E-state index is 0.591. The van der Waals surface area contributed by atoms with Crippen molar-refractivity contribution in [1.82, 2.24) is 10.2 Å². The summed E-state index contributed by atoms with van der Waals surface area (Å²) in [6.45, 7) is 5.03. The standard InChI is InChI=1S/C18H26N2/c1-13-8-9-16(15-6-3-2-5-14(13)15)19-17-10-12-20-11-4-7-18(17)20/h2-3,5-6,13,16-19H,4,7-12H2,1H3. The molecule has 0 aromatic heterocycles. The van der Waals surface area contributed by atoms with E-state index < -0.39 is 0 Å². The lowest BCUT2D eigenvalue weighted by atomic mass is 9.80. The molecular weight excluding hydrogens is 244 g/mol. The second kappa shape index (κ2) is 5.16. The quantitative estimate of drug-likeness (QED) is 0.885. The van der Waals surface area contributed by atoms with E-state index in [-0.39, 0.29) is 0 Å². The molecule has 4 rings (SSSR count). The third kappa shape index (κ3) is 2.10. The van der Waals surface area contributed by atoms with Crippen LogP contribution in [0.15, 0.2) is 24.3 Å². The summed E-state index contributed by atoms with van der Waals surface area (Å²) in [6, 6.07) is 11.2. The molecule has 0 bridgehead atoms. The number of benzene rings is 1. The Bertz CT molecular complexity index is 484. The van der Waals surface area contributed by atoms with Crippen LogP contribution < -0.4 is 5.32 Å². The molecule has 1 aromatic rings. The van der Waals surface area contributed by atoms with Crippen LogP contribution in [0.25, 0.3) is 0 Å². The van der Waals surface area contributed by atoms with Crippen molar-refractivity contribution in [2.75, 3.05) is 13.1 Å². The largest absolute Gasteiger partial charge is 0.306 e. The van der Waals surface area contributed by atoms with Crippen LogP contribution in [-0.4, -0.2) is 30.1 Å². The first-order chi connectivity index (χ1) is 9.83. The Labute approximate surface area is 122 Å². The molecule has 0 saturated carbocycles. The SMILES string of the molecule is CC1CCC(NC2CCN3CCCC23)c2ccccc21. The van der Waals surface area contributed by atoms with Gasteiger partial charge in [-0.1, -0.05) is 31.2 Å². The molecule has 4 atom stereocenters. The van der Waals surface area contributed by atoms with Crippen LogP contribution in [0.4, 0.5) is 0 Å². The zero-order valence-electron chi connectivity index (χ0n) is 12.5. The van der Waals surface area contributed by atoms with Gasteiger partial charge in [-0.25, -0.2) is 0 Å². The normalized spacial score (nSPS) is 36.9. The van der Waals surface area contributed by atoms with Crippen molar-refractivity contribution >= 4 is 0 Å². The molecule has 1 aliphatic carbocycles. The first kappa shape index (κ1) is 12.8. The number of nitrogens with zero attached hydrogens (tertiary/aromatic N) is 1. The smallest absolute Gasteiger partial charge is 0.0326 e. The summed E-state index contributed by atoms with van der Waals surface area (Å²) in [4.78, 5) is 2.70. The van der Waals surface area contributed by atoms with Crippen molar-refractivity contribution in [2.45, 2.75) is 63.1 Å². The predicted molar refractivity (Wildman–Crippen MR) is 83.0 cm³/mol. The molecule has 0 spiro atoms. The fourth-order valence-corrected chi connectivity index (χ4v) is 4.71. The van der Waals surface area contributed by atoms with E-state index in [4.69, 9.17) is 0 Å². The predicted octanol–water partition coefficient (Wildman–Crippen LogP) is 3.45. The fourth-order valence-electron chi connectivity index (χ4n) is 4.71. The Morgan fingerprint density at radius 2 is 1.85 bits per heavy atom. The molecule has 3 aliphatic rings. The summed E-state index contributed by atoms with van der Waals surface area (Å²) in [5.41, 5.74) is 3.15. The van der Waals surface area contributed by atoms with Gasteiger partial charge in [0.15, 0.2) is 0 Å². The van der Waals surface area contributed by atoms with Gasteiger partial charge in [0.05, 0.1) is 0 Å². The van der Waals surface area contributed by atoms with E-state index in [9.17, 15) is 0 Å².